The van der Waals surface area contributed by atoms with Crippen molar-refractivity contribution in [2.24, 2.45) is 0 Å². The molecule has 2 aromatic carbocycles. The fraction of sp³-hybridized carbons (Fsp3) is 0.174. The first kappa shape index (κ1) is 20.7. The maximum absolute atomic E-state index is 5.52. The molecule has 0 amide bonds. The van der Waals surface area contributed by atoms with Crippen LogP contribution in [0.4, 0.5) is 0 Å². The van der Waals surface area contributed by atoms with Crippen LogP contribution in [0.25, 0.3) is 17.1 Å². The van der Waals surface area contributed by atoms with Crippen molar-refractivity contribution in [1.82, 2.24) is 19.7 Å². The summed E-state index contributed by atoms with van der Waals surface area (Å²) >= 11 is 1.58. The van der Waals surface area contributed by atoms with Crippen molar-refractivity contribution >= 4 is 11.8 Å². The molecule has 4 aromatic rings. The van der Waals surface area contributed by atoms with E-state index in [0.29, 0.717) is 5.75 Å². The first-order chi connectivity index (χ1) is 15.2. The van der Waals surface area contributed by atoms with Gasteiger partial charge in [-0.1, -0.05) is 11.8 Å². The Morgan fingerprint density at radius 3 is 2.19 bits per heavy atom. The predicted octanol–water partition coefficient (Wildman–Crippen LogP) is 4.65. The van der Waals surface area contributed by atoms with Crippen LogP contribution in [0.5, 0.6) is 17.2 Å². The van der Waals surface area contributed by atoms with Gasteiger partial charge in [0.25, 0.3) is 0 Å². The lowest BCUT2D eigenvalue weighted by Crippen LogP contribution is -2.00. The highest BCUT2D eigenvalue weighted by Crippen LogP contribution is 2.33. The van der Waals surface area contributed by atoms with Crippen molar-refractivity contribution in [3.05, 3.63) is 72.6 Å². The number of hydrogen-bond acceptors (Lipinski definition) is 7. The van der Waals surface area contributed by atoms with Crippen molar-refractivity contribution in [3.63, 3.8) is 0 Å². The molecule has 0 aliphatic carbocycles. The number of nitrogens with zero attached hydrogens (tertiary/aromatic N) is 4. The van der Waals surface area contributed by atoms with Gasteiger partial charge in [-0.2, -0.15) is 0 Å². The molecule has 0 aliphatic heterocycles. The third-order valence-corrected chi connectivity index (χ3v) is 5.72. The molecule has 4 rings (SSSR count). The number of thioether (sulfide) groups is 1. The van der Waals surface area contributed by atoms with Crippen molar-refractivity contribution in [3.8, 4) is 34.3 Å². The summed E-state index contributed by atoms with van der Waals surface area (Å²) in [7, 11) is 4.97. The number of hydrogen-bond donors (Lipinski definition) is 0. The van der Waals surface area contributed by atoms with Crippen LogP contribution >= 0.6 is 11.8 Å². The lowest BCUT2D eigenvalue weighted by atomic mass is 10.2. The summed E-state index contributed by atoms with van der Waals surface area (Å²) in [6.45, 7) is 0. The lowest BCUT2D eigenvalue weighted by Gasteiger charge is -2.12. The average molecular weight is 435 g/mol. The minimum atomic E-state index is 0.644. The molecule has 0 fully saturated rings. The average Bonchev–Trinajstić information content (AvgIpc) is 3.27. The van der Waals surface area contributed by atoms with Crippen LogP contribution in [0.2, 0.25) is 0 Å². The Hall–Kier alpha value is -3.52. The molecule has 8 heteroatoms. The van der Waals surface area contributed by atoms with Crippen molar-refractivity contribution in [2.45, 2.75) is 10.9 Å². The fourth-order valence-corrected chi connectivity index (χ4v) is 4.08. The normalized spacial score (nSPS) is 10.7. The lowest BCUT2D eigenvalue weighted by molar-refractivity contribution is 0.400. The third-order valence-electron chi connectivity index (χ3n) is 4.75. The Morgan fingerprint density at radius 2 is 1.52 bits per heavy atom. The summed E-state index contributed by atoms with van der Waals surface area (Å²) in [6, 6.07) is 17.4. The molecule has 158 valence electrons. The fourth-order valence-electron chi connectivity index (χ4n) is 3.15. The molecule has 2 heterocycles. The molecular weight excluding hydrogens is 412 g/mol. The summed E-state index contributed by atoms with van der Waals surface area (Å²) in [5.74, 6) is 3.76. The Labute approximate surface area is 185 Å². The van der Waals surface area contributed by atoms with Crippen molar-refractivity contribution in [2.75, 3.05) is 21.3 Å². The second-order valence-electron chi connectivity index (χ2n) is 6.54. The van der Waals surface area contributed by atoms with Gasteiger partial charge < -0.3 is 14.2 Å². The van der Waals surface area contributed by atoms with Gasteiger partial charge in [0.15, 0.2) is 11.0 Å². The highest BCUT2D eigenvalue weighted by Gasteiger charge is 2.17. The number of rotatable bonds is 8. The summed E-state index contributed by atoms with van der Waals surface area (Å²) in [6.07, 6.45) is 3.49. The summed E-state index contributed by atoms with van der Waals surface area (Å²) in [5.41, 5.74) is 2.89. The smallest absolute Gasteiger partial charge is 0.196 e. The van der Waals surface area contributed by atoms with Gasteiger partial charge in [-0.25, -0.2) is 0 Å². The van der Waals surface area contributed by atoms with Crippen LogP contribution in [-0.2, 0) is 5.75 Å². The molecule has 0 saturated carbocycles. The number of ether oxygens (including phenoxy) is 3. The van der Waals surface area contributed by atoms with Crippen LogP contribution in [0.1, 0.15) is 5.56 Å². The van der Waals surface area contributed by atoms with E-state index in [1.807, 2.05) is 59.2 Å². The van der Waals surface area contributed by atoms with Crippen LogP contribution in [0.15, 0.2) is 72.1 Å². The molecule has 0 aliphatic rings. The first-order valence-electron chi connectivity index (χ1n) is 9.57. The van der Waals surface area contributed by atoms with Gasteiger partial charge in [0.2, 0.25) is 0 Å². The van der Waals surface area contributed by atoms with Gasteiger partial charge in [0, 0.05) is 35.0 Å². The zero-order valence-electron chi connectivity index (χ0n) is 17.5. The molecule has 0 saturated heterocycles. The van der Waals surface area contributed by atoms with Crippen molar-refractivity contribution < 1.29 is 14.2 Å². The standard InChI is InChI=1S/C23H22N4O3S/c1-28-19-6-4-18(5-7-19)27-22(16-10-12-24-13-11-16)25-26-23(27)31-15-17-14-20(29-2)8-9-21(17)30-3/h4-14H,15H2,1-3H3. The molecule has 0 radical (unpaired) electrons. The second-order valence-corrected chi connectivity index (χ2v) is 7.48. The van der Waals surface area contributed by atoms with E-state index in [-0.39, 0.29) is 0 Å². The molecule has 2 aromatic heterocycles. The number of methoxy groups -OCH3 is 3. The second kappa shape index (κ2) is 9.53. The molecule has 0 unspecified atom stereocenters. The van der Waals surface area contributed by atoms with Gasteiger partial charge in [0.05, 0.1) is 21.3 Å². The van der Waals surface area contributed by atoms with Crippen LogP contribution in [-0.4, -0.2) is 41.1 Å². The molecule has 0 bridgehead atoms. The predicted molar refractivity (Wildman–Crippen MR) is 120 cm³/mol. The Balaban J connectivity index is 1.72. The third kappa shape index (κ3) is 4.49. The quantitative estimate of drug-likeness (QED) is 0.374. The minimum absolute atomic E-state index is 0.644. The van der Waals surface area contributed by atoms with Crippen LogP contribution in [0.3, 0.4) is 0 Å². The molecule has 0 atom stereocenters. The number of aromatic nitrogens is 4. The summed E-state index contributed by atoms with van der Waals surface area (Å²) in [4.78, 5) is 4.11. The van der Waals surface area contributed by atoms with E-state index in [9.17, 15) is 0 Å². The monoisotopic (exact) mass is 434 g/mol. The Morgan fingerprint density at radius 1 is 0.806 bits per heavy atom. The zero-order chi connectivity index (χ0) is 21.6. The zero-order valence-corrected chi connectivity index (χ0v) is 18.3. The Bertz CT molecular complexity index is 1150. The van der Waals surface area contributed by atoms with Gasteiger partial charge >= 0.3 is 0 Å². The van der Waals surface area contributed by atoms with Gasteiger partial charge in [-0.05, 0) is 54.6 Å². The van der Waals surface area contributed by atoms with E-state index < -0.39 is 0 Å². The van der Waals surface area contributed by atoms with E-state index in [1.165, 1.54) is 0 Å². The highest BCUT2D eigenvalue weighted by atomic mass is 32.2. The van der Waals surface area contributed by atoms with E-state index in [0.717, 1.165) is 45.0 Å². The summed E-state index contributed by atoms with van der Waals surface area (Å²) in [5, 5.41) is 9.71. The summed E-state index contributed by atoms with van der Waals surface area (Å²) < 4.78 is 18.2. The van der Waals surface area contributed by atoms with Gasteiger partial charge in [0.1, 0.15) is 17.2 Å². The maximum atomic E-state index is 5.52. The maximum Gasteiger partial charge on any atom is 0.196 e. The number of benzene rings is 2. The van der Waals surface area contributed by atoms with E-state index in [2.05, 4.69) is 15.2 Å². The minimum Gasteiger partial charge on any atom is -0.497 e. The molecule has 0 spiro atoms. The SMILES string of the molecule is COc1ccc(-n2c(SCc3cc(OC)ccc3OC)nnc2-c2ccncc2)cc1. The molecule has 7 nitrogen and oxygen atoms in total. The van der Waals surface area contributed by atoms with E-state index in [4.69, 9.17) is 14.2 Å². The Kier molecular flexibility index (Phi) is 6.37. The van der Waals surface area contributed by atoms with Gasteiger partial charge in [-0.3, -0.25) is 9.55 Å². The molecule has 31 heavy (non-hydrogen) atoms. The van der Waals surface area contributed by atoms with E-state index in [1.54, 1.807) is 45.5 Å². The van der Waals surface area contributed by atoms with Gasteiger partial charge in [-0.15, -0.1) is 10.2 Å². The molecule has 0 N–H and O–H groups in total. The van der Waals surface area contributed by atoms with Crippen LogP contribution < -0.4 is 14.2 Å². The largest absolute Gasteiger partial charge is 0.497 e. The topological polar surface area (TPSA) is 71.3 Å². The number of pyridine rings is 1. The molecular formula is C23H22N4O3S. The first-order valence-corrected chi connectivity index (χ1v) is 10.6. The van der Waals surface area contributed by atoms with Crippen molar-refractivity contribution in [1.29, 1.82) is 0 Å². The highest BCUT2D eigenvalue weighted by molar-refractivity contribution is 7.98. The van der Waals surface area contributed by atoms with E-state index >= 15 is 0 Å². The van der Waals surface area contributed by atoms with Crippen LogP contribution in [0, 0.1) is 0 Å².